The largest absolute Gasteiger partial charge is 0.413 e. The molecule has 0 radical (unpaired) electrons. The van der Waals surface area contributed by atoms with Crippen molar-refractivity contribution in [2.75, 3.05) is 0 Å². The van der Waals surface area contributed by atoms with Crippen LogP contribution in [-0.2, 0) is 8.85 Å². The Hall–Kier alpha value is -0.936. The number of rotatable bonds is 7. The van der Waals surface area contributed by atoms with Gasteiger partial charge in [-0.15, -0.1) is 0 Å². The highest BCUT2D eigenvalue weighted by Gasteiger charge is 2.50. The number of nitriles is 1. The Bertz CT molecular complexity index is 1040. The average Bonchev–Trinajstić information content (AvgIpc) is 3.16. The van der Waals surface area contributed by atoms with Crippen molar-refractivity contribution in [3.8, 4) is 6.07 Å². The molecule has 0 aromatic heterocycles. The molecule has 0 aromatic rings. The van der Waals surface area contributed by atoms with Crippen LogP contribution in [0, 0.1) is 34.5 Å². The van der Waals surface area contributed by atoms with Gasteiger partial charge < -0.3 is 8.85 Å². The number of hydrogen-bond acceptors (Lipinski definition) is 3. The second-order valence-electron chi connectivity index (χ2n) is 16.7. The number of fused-ring (bicyclic) bond motifs is 1. The van der Waals surface area contributed by atoms with Gasteiger partial charge in [-0.1, -0.05) is 79.7 Å². The van der Waals surface area contributed by atoms with Crippen LogP contribution in [0.25, 0.3) is 0 Å². The second kappa shape index (κ2) is 12.0. The smallest absolute Gasteiger partial charge is 0.192 e. The molecule has 0 spiro atoms. The van der Waals surface area contributed by atoms with Crippen LogP contribution in [-0.4, -0.2) is 28.8 Å². The van der Waals surface area contributed by atoms with Crippen LogP contribution in [0.2, 0.25) is 36.3 Å². The molecule has 3 fully saturated rings. The Morgan fingerprint density at radius 2 is 1.62 bits per heavy atom. The summed E-state index contributed by atoms with van der Waals surface area (Å²) in [4.78, 5) is 0. The minimum absolute atomic E-state index is 0.0216. The molecular formula is C35H61NO2Si2. The summed E-state index contributed by atoms with van der Waals surface area (Å²) in [6.45, 7) is 32.9. The van der Waals surface area contributed by atoms with Gasteiger partial charge in [-0.3, -0.25) is 0 Å². The van der Waals surface area contributed by atoms with Crippen LogP contribution >= 0.6 is 0 Å². The molecule has 0 heterocycles. The minimum Gasteiger partial charge on any atom is -0.413 e. The highest BCUT2D eigenvalue weighted by molar-refractivity contribution is 6.74. The van der Waals surface area contributed by atoms with E-state index in [9.17, 15) is 5.26 Å². The van der Waals surface area contributed by atoms with Crippen LogP contribution in [0.5, 0.6) is 0 Å². The molecule has 5 heteroatoms. The van der Waals surface area contributed by atoms with E-state index in [1.807, 2.05) is 0 Å². The highest BCUT2D eigenvalue weighted by Crippen LogP contribution is 2.59. The van der Waals surface area contributed by atoms with E-state index in [-0.39, 0.29) is 22.3 Å². The molecule has 0 amide bonds. The summed E-state index contributed by atoms with van der Waals surface area (Å²) in [6.07, 6.45) is 13.9. The van der Waals surface area contributed by atoms with E-state index >= 15 is 0 Å². The molecule has 0 saturated heterocycles. The Labute approximate surface area is 250 Å². The van der Waals surface area contributed by atoms with Crippen LogP contribution in [0.15, 0.2) is 35.5 Å². The third kappa shape index (κ3) is 6.99. The third-order valence-electron chi connectivity index (χ3n) is 11.9. The molecular weight excluding hydrogens is 523 g/mol. The lowest BCUT2D eigenvalue weighted by atomic mass is 9.61. The van der Waals surface area contributed by atoms with Gasteiger partial charge in [0.05, 0.1) is 18.3 Å². The summed E-state index contributed by atoms with van der Waals surface area (Å²) >= 11 is 0. The normalized spacial score (nSPS) is 33.2. The van der Waals surface area contributed by atoms with Crippen LogP contribution < -0.4 is 0 Å². The van der Waals surface area contributed by atoms with Crippen molar-refractivity contribution in [1.29, 1.82) is 5.26 Å². The van der Waals surface area contributed by atoms with Gasteiger partial charge in [-0.2, -0.15) is 5.26 Å². The lowest BCUT2D eigenvalue weighted by molar-refractivity contribution is 0.0966. The molecule has 3 saturated carbocycles. The average molecular weight is 584 g/mol. The van der Waals surface area contributed by atoms with Gasteiger partial charge >= 0.3 is 0 Å². The van der Waals surface area contributed by atoms with E-state index in [1.54, 1.807) is 5.57 Å². The SMILES string of the molecule is C=C1C(=CC=C2CCC[C@]3(C)[C@@H]([C@H](C)CC#N)CC[C@@H]23)C[C@@H](O[Si](C)(C)C(C)(C)C)C[C@@H]1O[Si](C)(C)C(C)(C)C. The van der Waals surface area contributed by atoms with Gasteiger partial charge in [-0.25, -0.2) is 0 Å². The Balaban J connectivity index is 1.92. The van der Waals surface area contributed by atoms with E-state index in [2.05, 4.69) is 106 Å². The van der Waals surface area contributed by atoms with Gasteiger partial charge in [0.1, 0.15) is 0 Å². The first-order valence-electron chi connectivity index (χ1n) is 16.0. The third-order valence-corrected chi connectivity index (χ3v) is 20.9. The summed E-state index contributed by atoms with van der Waals surface area (Å²) < 4.78 is 14.1. The summed E-state index contributed by atoms with van der Waals surface area (Å²) in [5.74, 6) is 1.78. The quantitative estimate of drug-likeness (QED) is 0.280. The monoisotopic (exact) mass is 583 g/mol. The zero-order valence-electron chi connectivity index (χ0n) is 28.2. The summed E-state index contributed by atoms with van der Waals surface area (Å²) in [5.41, 5.74) is 4.44. The van der Waals surface area contributed by atoms with Crippen molar-refractivity contribution in [1.82, 2.24) is 0 Å². The van der Waals surface area contributed by atoms with E-state index < -0.39 is 16.6 Å². The highest BCUT2D eigenvalue weighted by atomic mass is 28.4. The topological polar surface area (TPSA) is 42.2 Å². The van der Waals surface area contributed by atoms with E-state index in [0.717, 1.165) is 12.8 Å². The summed E-state index contributed by atoms with van der Waals surface area (Å²) in [5, 5.41) is 9.69. The Kier molecular flexibility index (Phi) is 10.1. The van der Waals surface area contributed by atoms with Crippen molar-refractivity contribution in [3.63, 3.8) is 0 Å². The number of nitrogens with zero attached hydrogens (tertiary/aromatic N) is 1. The first-order chi connectivity index (χ1) is 18.2. The van der Waals surface area contributed by atoms with Gasteiger partial charge in [-0.05, 0) is 109 Å². The van der Waals surface area contributed by atoms with Crippen LogP contribution in [0.3, 0.4) is 0 Å². The molecule has 0 unspecified atom stereocenters. The first-order valence-corrected chi connectivity index (χ1v) is 21.9. The standard InChI is InChI=1S/C35H61NO2Si2/c1-25(20-22-36)30-18-19-31-27(15-14-21-35(30,31)9)16-17-28-23-29(37-39(10,11)33(3,4)5)24-32(26(28)2)38-40(12,13)34(6,7)8/h16-17,25,29-32H,2,14-15,18-21,23-24H2,1,3-13H3/t25-,29-,30-,31+,32+,35-/m1/s1. The summed E-state index contributed by atoms with van der Waals surface area (Å²) in [6, 6.07) is 2.45. The van der Waals surface area contributed by atoms with Crippen molar-refractivity contribution < 1.29 is 8.85 Å². The van der Waals surface area contributed by atoms with Crippen molar-refractivity contribution in [3.05, 3.63) is 35.5 Å². The molecule has 0 aromatic carbocycles. The zero-order valence-corrected chi connectivity index (χ0v) is 30.2. The molecule has 3 rings (SSSR count). The zero-order chi connectivity index (χ0) is 30.3. The lowest BCUT2D eigenvalue weighted by Gasteiger charge is -2.45. The van der Waals surface area contributed by atoms with Crippen LogP contribution in [0.4, 0.5) is 0 Å². The van der Waals surface area contributed by atoms with Crippen molar-refractivity contribution in [2.45, 2.75) is 155 Å². The van der Waals surface area contributed by atoms with E-state index in [0.29, 0.717) is 29.6 Å². The molecule has 226 valence electrons. The molecule has 3 aliphatic carbocycles. The van der Waals surface area contributed by atoms with Crippen molar-refractivity contribution in [2.24, 2.45) is 23.2 Å². The maximum Gasteiger partial charge on any atom is 0.192 e. The fraction of sp³-hybridized carbons (Fsp3) is 0.800. The fourth-order valence-corrected chi connectivity index (χ4v) is 9.94. The molecule has 0 aliphatic heterocycles. The van der Waals surface area contributed by atoms with Gasteiger partial charge in [0.2, 0.25) is 0 Å². The van der Waals surface area contributed by atoms with E-state index in [1.165, 1.54) is 43.3 Å². The fourth-order valence-electron chi connectivity index (χ4n) is 7.27. The Morgan fingerprint density at radius 1 is 1.02 bits per heavy atom. The first kappa shape index (κ1) is 33.6. The van der Waals surface area contributed by atoms with Crippen molar-refractivity contribution >= 4 is 16.6 Å². The van der Waals surface area contributed by atoms with Crippen LogP contribution in [0.1, 0.15) is 107 Å². The lowest BCUT2D eigenvalue weighted by Crippen LogP contribution is -2.49. The molecule has 0 bridgehead atoms. The molecule has 6 atom stereocenters. The second-order valence-corrected chi connectivity index (χ2v) is 26.2. The maximum absolute atomic E-state index is 9.36. The molecule has 40 heavy (non-hydrogen) atoms. The van der Waals surface area contributed by atoms with Gasteiger partial charge in [0.25, 0.3) is 0 Å². The molecule has 3 aliphatic rings. The van der Waals surface area contributed by atoms with Gasteiger partial charge in [0.15, 0.2) is 16.6 Å². The predicted octanol–water partition coefficient (Wildman–Crippen LogP) is 10.7. The molecule has 0 N–H and O–H groups in total. The Morgan fingerprint density at radius 3 is 2.20 bits per heavy atom. The molecule has 3 nitrogen and oxygen atoms in total. The van der Waals surface area contributed by atoms with Gasteiger partial charge in [0, 0.05) is 12.8 Å². The summed E-state index contributed by atoms with van der Waals surface area (Å²) in [7, 11) is -3.88. The maximum atomic E-state index is 9.36. The minimum atomic E-state index is -1.97. The van der Waals surface area contributed by atoms with E-state index in [4.69, 9.17) is 8.85 Å². The number of hydrogen-bond donors (Lipinski definition) is 0. The predicted molar refractivity (Wildman–Crippen MR) is 176 cm³/mol. The number of allylic oxidation sites excluding steroid dienone is 3.